The van der Waals surface area contributed by atoms with E-state index >= 15 is 0 Å². The molecular weight excluding hydrogens is 570 g/mol. The summed E-state index contributed by atoms with van der Waals surface area (Å²) < 4.78 is 12.3. The minimum Gasteiger partial charge on any atom is -0.496 e. The second-order valence-corrected chi connectivity index (χ2v) is 11.7. The normalized spacial score (nSPS) is 14.7. The molecule has 2 N–H and O–H groups in total. The topological polar surface area (TPSA) is 115 Å². The second-order valence-electron chi connectivity index (χ2n) is 11.7. The predicted octanol–water partition coefficient (Wildman–Crippen LogP) is 7.31. The molecule has 1 aliphatic rings. The van der Waals surface area contributed by atoms with Crippen LogP contribution >= 0.6 is 0 Å². The molecule has 5 aromatic rings. The zero-order chi connectivity index (χ0) is 31.7. The summed E-state index contributed by atoms with van der Waals surface area (Å²) in [6.45, 7) is 6.15. The van der Waals surface area contributed by atoms with Crippen LogP contribution in [-0.2, 0) is 10.2 Å². The van der Waals surface area contributed by atoms with Crippen molar-refractivity contribution in [1.29, 1.82) is 0 Å². The fourth-order valence-corrected chi connectivity index (χ4v) is 5.34. The first-order chi connectivity index (χ1) is 21.6. The van der Waals surface area contributed by atoms with E-state index in [0.29, 0.717) is 22.9 Å². The van der Waals surface area contributed by atoms with Crippen molar-refractivity contribution in [2.75, 3.05) is 24.4 Å². The van der Waals surface area contributed by atoms with E-state index in [2.05, 4.69) is 10.6 Å². The maximum Gasteiger partial charge on any atom is 0.417 e. The van der Waals surface area contributed by atoms with Crippen LogP contribution in [0.25, 0.3) is 16.5 Å². The molecule has 4 amide bonds. The first kappa shape index (κ1) is 29.4. The molecule has 1 saturated heterocycles. The summed E-state index contributed by atoms with van der Waals surface area (Å²) in [4.78, 5) is 40.9. The molecule has 1 atom stereocenters. The highest BCUT2D eigenvalue weighted by atomic mass is 16.6. The molecular formula is C35H33N5O5. The monoisotopic (exact) mass is 603 g/mol. The third kappa shape index (κ3) is 5.82. The largest absolute Gasteiger partial charge is 0.496 e. The van der Waals surface area contributed by atoms with E-state index in [0.717, 1.165) is 26.9 Å². The molecule has 0 aliphatic carbocycles. The van der Waals surface area contributed by atoms with Gasteiger partial charge in [0.15, 0.2) is 0 Å². The van der Waals surface area contributed by atoms with Crippen molar-refractivity contribution in [3.8, 4) is 11.4 Å². The highest BCUT2D eigenvalue weighted by Gasteiger charge is 2.39. The molecule has 4 aromatic carbocycles. The van der Waals surface area contributed by atoms with Gasteiger partial charge in [-0.25, -0.2) is 19.2 Å². The Balaban J connectivity index is 1.31. The number of amides is 4. The van der Waals surface area contributed by atoms with Gasteiger partial charge in [0.1, 0.15) is 24.2 Å². The van der Waals surface area contributed by atoms with Gasteiger partial charge in [-0.3, -0.25) is 10.1 Å². The molecule has 0 saturated carbocycles. The van der Waals surface area contributed by atoms with Crippen molar-refractivity contribution < 1.29 is 23.9 Å². The lowest BCUT2D eigenvalue weighted by atomic mass is 9.92. The number of ether oxygens (including phenoxy) is 2. The van der Waals surface area contributed by atoms with E-state index in [1.54, 1.807) is 48.2 Å². The van der Waals surface area contributed by atoms with Crippen molar-refractivity contribution in [1.82, 2.24) is 14.7 Å². The van der Waals surface area contributed by atoms with E-state index in [1.165, 1.54) is 0 Å². The average molecular weight is 604 g/mol. The number of hydrogen-bond acceptors (Lipinski definition) is 6. The number of benzene rings is 4. The number of fused-ring (bicyclic) bond motifs is 1. The van der Waals surface area contributed by atoms with Crippen LogP contribution in [0.3, 0.4) is 0 Å². The lowest BCUT2D eigenvalue weighted by Crippen LogP contribution is -2.34. The van der Waals surface area contributed by atoms with Gasteiger partial charge in [-0.1, -0.05) is 81.4 Å². The summed E-state index contributed by atoms with van der Waals surface area (Å²) in [6.07, 6.45) is -0.696. The van der Waals surface area contributed by atoms with Crippen molar-refractivity contribution in [3.63, 3.8) is 0 Å². The van der Waals surface area contributed by atoms with Crippen LogP contribution in [0.4, 0.5) is 21.1 Å². The molecule has 1 fully saturated rings. The van der Waals surface area contributed by atoms with Crippen molar-refractivity contribution in [3.05, 3.63) is 114 Å². The minimum atomic E-state index is -0.696. The third-order valence-corrected chi connectivity index (χ3v) is 7.69. The number of anilines is 2. The highest BCUT2D eigenvalue weighted by molar-refractivity contribution is 6.07. The summed E-state index contributed by atoms with van der Waals surface area (Å²) in [5, 5.41) is 12.4. The number of nitrogens with zero attached hydrogens (tertiary/aromatic N) is 3. The number of hydrogen-bond donors (Lipinski definition) is 2. The van der Waals surface area contributed by atoms with E-state index in [9.17, 15) is 14.4 Å². The molecule has 10 nitrogen and oxygen atoms in total. The highest BCUT2D eigenvalue weighted by Crippen LogP contribution is 2.33. The van der Waals surface area contributed by atoms with Crippen molar-refractivity contribution in [2.45, 2.75) is 32.2 Å². The van der Waals surface area contributed by atoms with Crippen LogP contribution in [0.5, 0.6) is 5.75 Å². The van der Waals surface area contributed by atoms with Crippen molar-refractivity contribution >= 4 is 40.3 Å². The summed E-state index contributed by atoms with van der Waals surface area (Å²) in [5.41, 5.74) is 2.63. The van der Waals surface area contributed by atoms with E-state index in [4.69, 9.17) is 14.6 Å². The number of urea groups is 1. The Morgan fingerprint density at radius 2 is 1.62 bits per heavy atom. The standard InChI is InChI=1S/C35H33N5O5/c1-35(2,3)30-20-31(37-33(42)36-27-17-18-29(44-4)26-16-9-8-15-25(26)27)40(38-30)24-14-10-13-23(19-24)32(41)39-28(21-45-34(39)43)22-11-6-5-7-12-22/h5-20,28H,21H2,1-4H3,(H2,36,37,42)/t28-/m1/s1. The lowest BCUT2D eigenvalue weighted by Gasteiger charge is -2.20. The van der Waals surface area contributed by atoms with Gasteiger partial charge in [-0.05, 0) is 35.9 Å². The maximum atomic E-state index is 13.7. The molecule has 228 valence electrons. The first-order valence-corrected chi connectivity index (χ1v) is 14.5. The van der Waals surface area contributed by atoms with E-state index in [-0.39, 0.29) is 17.6 Å². The fraction of sp³-hybridized carbons (Fsp3) is 0.200. The Hall–Kier alpha value is -5.64. The number of rotatable bonds is 6. The number of methoxy groups -OCH3 is 1. The van der Waals surface area contributed by atoms with Gasteiger partial charge in [0.05, 0.1) is 24.2 Å². The zero-order valence-corrected chi connectivity index (χ0v) is 25.4. The quantitative estimate of drug-likeness (QED) is 0.210. The Morgan fingerprint density at radius 1 is 0.889 bits per heavy atom. The Bertz CT molecular complexity index is 1910. The maximum absolute atomic E-state index is 13.7. The van der Waals surface area contributed by atoms with Gasteiger partial charge in [-0.2, -0.15) is 5.10 Å². The zero-order valence-electron chi connectivity index (χ0n) is 25.4. The summed E-state index contributed by atoms with van der Waals surface area (Å²) in [7, 11) is 1.61. The molecule has 45 heavy (non-hydrogen) atoms. The average Bonchev–Trinajstić information content (AvgIpc) is 3.65. The molecule has 1 aliphatic heterocycles. The van der Waals surface area contributed by atoms with Gasteiger partial charge in [0.25, 0.3) is 5.91 Å². The van der Waals surface area contributed by atoms with E-state index < -0.39 is 24.1 Å². The predicted molar refractivity (Wildman–Crippen MR) is 172 cm³/mol. The van der Waals surface area contributed by atoms with Gasteiger partial charge < -0.3 is 14.8 Å². The van der Waals surface area contributed by atoms with Crippen LogP contribution < -0.4 is 15.4 Å². The van der Waals surface area contributed by atoms with Crippen LogP contribution in [-0.4, -0.2) is 46.4 Å². The Labute approximate surface area is 260 Å². The molecule has 0 spiro atoms. The molecule has 1 aromatic heterocycles. The molecule has 6 rings (SSSR count). The number of cyclic esters (lactones) is 1. The lowest BCUT2D eigenvalue weighted by molar-refractivity contribution is 0.0774. The van der Waals surface area contributed by atoms with Crippen LogP contribution in [0.1, 0.15) is 48.4 Å². The SMILES string of the molecule is COc1ccc(NC(=O)Nc2cc(C(C)(C)C)nn2-c2cccc(C(=O)N3C(=O)OC[C@@H]3c3ccccc3)c2)c2ccccc12. The summed E-state index contributed by atoms with van der Waals surface area (Å²) in [6, 6.07) is 28.1. The minimum absolute atomic E-state index is 0.0784. The number of imide groups is 1. The molecule has 10 heteroatoms. The van der Waals surface area contributed by atoms with Crippen LogP contribution in [0, 0.1) is 0 Å². The Morgan fingerprint density at radius 3 is 2.36 bits per heavy atom. The Kier molecular flexibility index (Phi) is 7.72. The van der Waals surface area contributed by atoms with Gasteiger partial charge in [0, 0.05) is 27.8 Å². The van der Waals surface area contributed by atoms with Crippen molar-refractivity contribution in [2.24, 2.45) is 0 Å². The molecule has 2 heterocycles. The smallest absolute Gasteiger partial charge is 0.417 e. The second kappa shape index (κ2) is 11.8. The number of aromatic nitrogens is 2. The van der Waals surface area contributed by atoms with Gasteiger partial charge >= 0.3 is 12.1 Å². The van der Waals surface area contributed by atoms with Gasteiger partial charge in [-0.15, -0.1) is 0 Å². The van der Waals surface area contributed by atoms with Gasteiger partial charge in [0.2, 0.25) is 0 Å². The molecule has 0 radical (unpaired) electrons. The third-order valence-electron chi connectivity index (χ3n) is 7.69. The molecule has 0 bridgehead atoms. The molecule has 0 unspecified atom stereocenters. The number of carbonyl (C=O) groups excluding carboxylic acids is 3. The fourth-order valence-electron chi connectivity index (χ4n) is 5.34. The summed E-state index contributed by atoms with van der Waals surface area (Å²) in [5.74, 6) is 0.619. The number of nitrogens with one attached hydrogen (secondary N) is 2. The van der Waals surface area contributed by atoms with E-state index in [1.807, 2.05) is 81.4 Å². The van der Waals surface area contributed by atoms with Crippen LogP contribution in [0.15, 0.2) is 97.1 Å². The first-order valence-electron chi connectivity index (χ1n) is 14.5. The number of carbonyl (C=O) groups is 3. The summed E-state index contributed by atoms with van der Waals surface area (Å²) >= 11 is 0. The van der Waals surface area contributed by atoms with Crippen LogP contribution in [0.2, 0.25) is 0 Å².